The number of thioether (sulfide) groups is 1. The number of halogens is 1. The van der Waals surface area contributed by atoms with E-state index in [0.29, 0.717) is 27.9 Å². The Bertz CT molecular complexity index is 1470. The molecule has 0 radical (unpaired) electrons. The van der Waals surface area contributed by atoms with Crippen LogP contribution in [-0.2, 0) is 21.7 Å². The molecule has 2 amide bonds. The highest BCUT2D eigenvalue weighted by Crippen LogP contribution is 2.66. The third kappa shape index (κ3) is 3.17. The highest BCUT2D eigenvalue weighted by molar-refractivity contribution is 8.25. The first-order valence-corrected chi connectivity index (χ1v) is 13.4. The molecule has 0 saturated carbocycles. The normalized spacial score (nSPS) is 26.7. The van der Waals surface area contributed by atoms with Crippen molar-refractivity contribution in [2.24, 2.45) is 0 Å². The van der Waals surface area contributed by atoms with Gasteiger partial charge < -0.3 is 9.64 Å². The second kappa shape index (κ2) is 8.86. The van der Waals surface area contributed by atoms with E-state index in [9.17, 15) is 14.0 Å². The van der Waals surface area contributed by atoms with Gasteiger partial charge in [-0.1, -0.05) is 36.1 Å². The van der Waals surface area contributed by atoms with E-state index >= 15 is 0 Å². The van der Waals surface area contributed by atoms with Crippen LogP contribution in [0.1, 0.15) is 22.6 Å². The molecule has 194 valence electrons. The van der Waals surface area contributed by atoms with Crippen LogP contribution in [-0.4, -0.2) is 63.4 Å². The summed E-state index contributed by atoms with van der Waals surface area (Å²) in [6.07, 6.45) is 3.36. The highest BCUT2D eigenvalue weighted by Gasteiger charge is 2.78. The number of carbonyl (C=O) groups excluding carboxylic acids is 2. The topological polar surface area (TPSA) is 66.0 Å². The van der Waals surface area contributed by atoms with Gasteiger partial charge in [-0.05, 0) is 60.6 Å². The monoisotopic (exact) mass is 548 g/mol. The fourth-order valence-corrected chi connectivity index (χ4v) is 8.44. The van der Waals surface area contributed by atoms with Crippen LogP contribution in [0.4, 0.5) is 10.1 Å². The smallest absolute Gasteiger partial charge is 0.254 e. The first kappa shape index (κ1) is 25.0. The maximum absolute atomic E-state index is 14.8. The van der Waals surface area contributed by atoms with E-state index in [1.54, 1.807) is 37.5 Å². The average Bonchev–Trinajstić information content (AvgIpc) is 3.43. The zero-order valence-electron chi connectivity index (χ0n) is 21.1. The summed E-state index contributed by atoms with van der Waals surface area (Å²) >= 11 is 7.09. The van der Waals surface area contributed by atoms with Crippen molar-refractivity contribution in [3.05, 3.63) is 89.5 Å². The Hall–Kier alpha value is -3.34. The number of benzene rings is 2. The van der Waals surface area contributed by atoms with Gasteiger partial charge in [0.05, 0.1) is 13.7 Å². The minimum absolute atomic E-state index is 0.249. The van der Waals surface area contributed by atoms with Crippen molar-refractivity contribution in [3.63, 3.8) is 0 Å². The largest absolute Gasteiger partial charge is 0.497 e. The summed E-state index contributed by atoms with van der Waals surface area (Å²) in [6.45, 7) is 0.649. The third-order valence-electron chi connectivity index (χ3n) is 8.02. The van der Waals surface area contributed by atoms with Gasteiger partial charge in [0, 0.05) is 43.2 Å². The molecular formula is C28H25FN4O3S2. The summed E-state index contributed by atoms with van der Waals surface area (Å²) in [7, 11) is 5.10. The molecule has 0 aliphatic carbocycles. The van der Waals surface area contributed by atoms with Gasteiger partial charge in [-0.2, -0.15) is 0 Å². The van der Waals surface area contributed by atoms with Crippen LogP contribution in [0.2, 0.25) is 0 Å². The number of amides is 2. The molecule has 6 rings (SSSR count). The van der Waals surface area contributed by atoms with E-state index < -0.39 is 22.0 Å². The van der Waals surface area contributed by atoms with Gasteiger partial charge in [0.1, 0.15) is 20.6 Å². The fraction of sp³-hybridized carbons (Fsp3) is 0.286. The standard InChI is InChI=1S/C28H25FN4O3S2/c1-31-16-22(18-10-12-30-13-11-18)28(27(31)21-14-19(29)6-9-23(21)32(2)24(27)34)25(35)33(26(37)38-28)15-17-4-7-20(36-3)8-5-17/h4-14,22H,15-16H2,1-3H3. The first-order valence-electron chi connectivity index (χ1n) is 12.1. The molecule has 4 heterocycles. The van der Waals surface area contributed by atoms with Crippen LogP contribution in [0.15, 0.2) is 67.0 Å². The van der Waals surface area contributed by atoms with Crippen LogP contribution in [0.5, 0.6) is 5.75 Å². The van der Waals surface area contributed by atoms with Crippen LogP contribution in [0.3, 0.4) is 0 Å². The molecule has 0 bridgehead atoms. The Morgan fingerprint density at radius 1 is 1.08 bits per heavy atom. The lowest BCUT2D eigenvalue weighted by molar-refractivity contribution is -0.139. The van der Waals surface area contributed by atoms with Gasteiger partial charge in [-0.15, -0.1) is 0 Å². The molecule has 2 spiro atoms. The van der Waals surface area contributed by atoms with Crippen molar-refractivity contribution in [1.29, 1.82) is 0 Å². The lowest BCUT2D eigenvalue weighted by atomic mass is 9.72. The van der Waals surface area contributed by atoms with Crippen LogP contribution < -0.4 is 9.64 Å². The Kier molecular flexibility index (Phi) is 5.82. The van der Waals surface area contributed by atoms with E-state index in [4.69, 9.17) is 17.0 Å². The average molecular weight is 549 g/mol. The van der Waals surface area contributed by atoms with Crippen LogP contribution in [0, 0.1) is 5.82 Å². The summed E-state index contributed by atoms with van der Waals surface area (Å²) in [6, 6.07) is 15.5. The lowest BCUT2D eigenvalue weighted by Crippen LogP contribution is -2.62. The van der Waals surface area contributed by atoms with E-state index in [2.05, 4.69) is 4.98 Å². The van der Waals surface area contributed by atoms with E-state index in [-0.39, 0.29) is 18.4 Å². The molecule has 3 atom stereocenters. The number of rotatable bonds is 4. The molecule has 3 unspecified atom stereocenters. The highest BCUT2D eigenvalue weighted by atomic mass is 32.2. The van der Waals surface area contributed by atoms with Crippen LogP contribution in [0.25, 0.3) is 0 Å². The summed E-state index contributed by atoms with van der Waals surface area (Å²) < 4.78 is 19.1. The number of carbonyl (C=O) groups is 2. The van der Waals surface area contributed by atoms with E-state index in [1.807, 2.05) is 48.3 Å². The number of ether oxygens (including phenoxy) is 1. The van der Waals surface area contributed by atoms with Crippen molar-refractivity contribution in [2.45, 2.75) is 22.7 Å². The van der Waals surface area contributed by atoms with Gasteiger partial charge in [0.2, 0.25) is 5.91 Å². The van der Waals surface area contributed by atoms with Crippen LogP contribution >= 0.6 is 24.0 Å². The van der Waals surface area contributed by atoms with Crippen molar-refractivity contribution < 1.29 is 18.7 Å². The number of nitrogens with zero attached hydrogens (tertiary/aromatic N) is 4. The molecule has 0 N–H and O–H groups in total. The summed E-state index contributed by atoms with van der Waals surface area (Å²) in [5.74, 6) is -0.684. The SMILES string of the molecule is COc1ccc(CN2C(=O)C3(SC2=S)C(c2ccncc2)CN(C)C32C(=O)N(C)c3ccc(F)cc32)cc1. The summed E-state index contributed by atoms with van der Waals surface area (Å²) in [5.41, 5.74) is 1.37. The van der Waals surface area contributed by atoms with Gasteiger partial charge in [0.15, 0.2) is 5.54 Å². The van der Waals surface area contributed by atoms with Crippen molar-refractivity contribution in [3.8, 4) is 5.75 Å². The second-order valence-electron chi connectivity index (χ2n) is 9.79. The molecule has 2 fully saturated rings. The summed E-state index contributed by atoms with van der Waals surface area (Å²) in [4.78, 5) is 38.3. The quantitative estimate of drug-likeness (QED) is 0.458. The molecule has 1 aromatic heterocycles. The molecular weight excluding hydrogens is 523 g/mol. The number of likely N-dealkylation sites (tertiary alicyclic amines) is 1. The summed E-state index contributed by atoms with van der Waals surface area (Å²) in [5, 5.41) is 0. The van der Waals surface area contributed by atoms with Crippen molar-refractivity contribution >= 4 is 45.8 Å². The fourth-order valence-electron chi connectivity index (χ4n) is 6.32. The van der Waals surface area contributed by atoms with Gasteiger partial charge in [0.25, 0.3) is 5.91 Å². The van der Waals surface area contributed by atoms with E-state index in [1.165, 1.54) is 28.8 Å². The van der Waals surface area contributed by atoms with Gasteiger partial charge in [-0.3, -0.25) is 24.4 Å². The Morgan fingerprint density at radius 3 is 2.47 bits per heavy atom. The Labute approximate surface area is 229 Å². The molecule has 3 aliphatic heterocycles. The molecule has 38 heavy (non-hydrogen) atoms. The number of pyridine rings is 1. The minimum atomic E-state index is -1.45. The number of fused-ring (bicyclic) bond motifs is 3. The zero-order chi connectivity index (χ0) is 26.8. The predicted molar refractivity (Wildman–Crippen MR) is 148 cm³/mol. The number of hydrogen-bond acceptors (Lipinski definition) is 7. The third-order valence-corrected chi connectivity index (χ3v) is 9.96. The molecule has 2 saturated heterocycles. The molecule has 2 aromatic carbocycles. The molecule has 7 nitrogen and oxygen atoms in total. The van der Waals surface area contributed by atoms with Gasteiger partial charge in [-0.25, -0.2) is 4.39 Å². The van der Waals surface area contributed by atoms with Crippen molar-refractivity contribution in [1.82, 2.24) is 14.8 Å². The Balaban J connectivity index is 1.56. The number of likely N-dealkylation sites (N-methyl/N-ethyl adjacent to an activating group) is 2. The molecule has 3 aromatic rings. The first-order chi connectivity index (χ1) is 18.3. The number of thiocarbonyl (C=S) groups is 1. The van der Waals surface area contributed by atoms with E-state index in [0.717, 1.165) is 11.1 Å². The maximum Gasteiger partial charge on any atom is 0.254 e. The minimum Gasteiger partial charge on any atom is -0.497 e. The van der Waals surface area contributed by atoms with Gasteiger partial charge >= 0.3 is 0 Å². The molecule has 3 aliphatic rings. The number of hydrogen-bond donors (Lipinski definition) is 0. The Morgan fingerprint density at radius 2 is 1.79 bits per heavy atom. The predicted octanol–water partition coefficient (Wildman–Crippen LogP) is 3.93. The number of methoxy groups -OCH3 is 1. The zero-order valence-corrected chi connectivity index (χ0v) is 22.7. The molecule has 10 heteroatoms. The number of anilines is 1. The number of aromatic nitrogens is 1. The lowest BCUT2D eigenvalue weighted by Gasteiger charge is -2.42. The maximum atomic E-state index is 14.8. The second-order valence-corrected chi connectivity index (χ2v) is 11.7. The van der Waals surface area contributed by atoms with Crippen molar-refractivity contribution in [2.75, 3.05) is 32.6 Å².